The molecule has 1 aromatic heterocycles. The fourth-order valence-electron chi connectivity index (χ4n) is 2.52. The highest BCUT2D eigenvalue weighted by atomic mass is 14.9. The molecule has 0 bridgehead atoms. The quantitative estimate of drug-likeness (QED) is 0.873. The summed E-state index contributed by atoms with van der Waals surface area (Å²) in [5.41, 5.74) is 6.26. The van der Waals surface area contributed by atoms with E-state index in [1.807, 2.05) is 0 Å². The van der Waals surface area contributed by atoms with Crippen LogP contribution in [0.15, 0.2) is 18.2 Å². The van der Waals surface area contributed by atoms with Crippen molar-refractivity contribution in [3.05, 3.63) is 35.0 Å². The van der Waals surface area contributed by atoms with Gasteiger partial charge in [0.1, 0.15) is 0 Å². The molecule has 0 saturated carbocycles. The number of fused-ring (bicyclic) bond motifs is 1. The number of benzene rings is 1. The highest BCUT2D eigenvalue weighted by molar-refractivity contribution is 5.95. The first-order chi connectivity index (χ1) is 8.72. The zero-order chi connectivity index (χ0) is 13.1. The third kappa shape index (κ3) is 2.07. The second-order valence-corrected chi connectivity index (χ2v) is 4.61. The maximum Gasteiger partial charge on any atom is 0.0758 e. The standard InChI is InChI=1S/C16H22N2/c1-5-12-9-8-10-13-15(17-7-3)11(4)14(6-2)18-16(12)13/h8-10H,5-7H2,1-4H3,(H,17,18). The molecule has 1 aromatic carbocycles. The lowest BCUT2D eigenvalue weighted by Gasteiger charge is -2.16. The van der Waals surface area contributed by atoms with Gasteiger partial charge in [0.05, 0.1) is 5.52 Å². The molecule has 0 spiro atoms. The van der Waals surface area contributed by atoms with Gasteiger partial charge in [-0.1, -0.05) is 32.0 Å². The van der Waals surface area contributed by atoms with Gasteiger partial charge in [0.2, 0.25) is 0 Å². The largest absolute Gasteiger partial charge is 0.385 e. The Balaban J connectivity index is 2.80. The number of hydrogen-bond donors (Lipinski definition) is 1. The van der Waals surface area contributed by atoms with Crippen molar-refractivity contribution in [1.29, 1.82) is 0 Å². The average molecular weight is 242 g/mol. The first-order valence-corrected chi connectivity index (χ1v) is 6.87. The number of aromatic nitrogens is 1. The Morgan fingerprint density at radius 3 is 2.50 bits per heavy atom. The van der Waals surface area contributed by atoms with E-state index in [1.165, 1.54) is 33.4 Å². The third-order valence-corrected chi connectivity index (χ3v) is 3.51. The number of nitrogens with zero attached hydrogens (tertiary/aromatic N) is 1. The van der Waals surface area contributed by atoms with Crippen molar-refractivity contribution in [1.82, 2.24) is 4.98 Å². The normalized spacial score (nSPS) is 10.9. The van der Waals surface area contributed by atoms with Gasteiger partial charge in [-0.25, -0.2) is 0 Å². The molecular weight excluding hydrogens is 220 g/mol. The van der Waals surface area contributed by atoms with E-state index in [0.717, 1.165) is 19.4 Å². The SMILES string of the molecule is CCNc1c(C)c(CC)nc2c(CC)cccc12. The molecule has 2 aromatic rings. The average Bonchev–Trinajstić information content (AvgIpc) is 2.41. The molecule has 0 aliphatic carbocycles. The lowest BCUT2D eigenvalue weighted by molar-refractivity contribution is 1.02. The molecule has 0 saturated heterocycles. The van der Waals surface area contributed by atoms with Crippen molar-refractivity contribution in [3.8, 4) is 0 Å². The topological polar surface area (TPSA) is 24.9 Å². The van der Waals surface area contributed by atoms with Crippen molar-refractivity contribution >= 4 is 16.6 Å². The fraction of sp³-hybridized carbons (Fsp3) is 0.438. The van der Waals surface area contributed by atoms with Crippen LogP contribution in [0.3, 0.4) is 0 Å². The lowest BCUT2D eigenvalue weighted by Crippen LogP contribution is -2.05. The molecule has 0 aliphatic heterocycles. The number of rotatable bonds is 4. The van der Waals surface area contributed by atoms with Crippen molar-refractivity contribution in [2.24, 2.45) is 0 Å². The smallest absolute Gasteiger partial charge is 0.0758 e. The van der Waals surface area contributed by atoms with Gasteiger partial charge in [-0.3, -0.25) is 4.98 Å². The van der Waals surface area contributed by atoms with Crippen LogP contribution in [-0.4, -0.2) is 11.5 Å². The van der Waals surface area contributed by atoms with Crippen LogP contribution in [0.1, 0.15) is 37.6 Å². The summed E-state index contributed by atoms with van der Waals surface area (Å²) >= 11 is 0. The van der Waals surface area contributed by atoms with Gasteiger partial charge in [0, 0.05) is 23.3 Å². The van der Waals surface area contributed by atoms with E-state index in [2.05, 4.69) is 51.2 Å². The minimum atomic E-state index is 0.944. The van der Waals surface area contributed by atoms with Crippen LogP contribution in [-0.2, 0) is 12.8 Å². The van der Waals surface area contributed by atoms with Gasteiger partial charge in [-0.05, 0) is 37.8 Å². The zero-order valence-electron chi connectivity index (χ0n) is 11.8. The first-order valence-electron chi connectivity index (χ1n) is 6.87. The van der Waals surface area contributed by atoms with Gasteiger partial charge >= 0.3 is 0 Å². The lowest BCUT2D eigenvalue weighted by atomic mass is 10.0. The summed E-state index contributed by atoms with van der Waals surface area (Å²) in [6.45, 7) is 9.61. The minimum absolute atomic E-state index is 0.944. The maximum atomic E-state index is 4.87. The second kappa shape index (κ2) is 5.38. The van der Waals surface area contributed by atoms with Gasteiger partial charge in [-0.15, -0.1) is 0 Å². The summed E-state index contributed by atoms with van der Waals surface area (Å²) in [6.07, 6.45) is 2.01. The molecule has 96 valence electrons. The van der Waals surface area contributed by atoms with Crippen LogP contribution in [0.4, 0.5) is 5.69 Å². The zero-order valence-corrected chi connectivity index (χ0v) is 11.8. The molecule has 0 aliphatic rings. The number of nitrogens with one attached hydrogen (secondary N) is 1. The van der Waals surface area contributed by atoms with Gasteiger partial charge in [0.25, 0.3) is 0 Å². The summed E-state index contributed by atoms with van der Waals surface area (Å²) < 4.78 is 0. The number of pyridine rings is 1. The van der Waals surface area contributed by atoms with E-state index in [1.54, 1.807) is 0 Å². The third-order valence-electron chi connectivity index (χ3n) is 3.51. The summed E-state index contributed by atoms with van der Waals surface area (Å²) in [7, 11) is 0. The summed E-state index contributed by atoms with van der Waals surface area (Å²) in [5, 5.41) is 4.76. The van der Waals surface area contributed by atoms with Crippen molar-refractivity contribution in [2.75, 3.05) is 11.9 Å². The molecule has 1 N–H and O–H groups in total. The molecular formula is C16H22N2. The number of anilines is 1. The van der Waals surface area contributed by atoms with Crippen molar-refractivity contribution in [3.63, 3.8) is 0 Å². The summed E-state index contributed by atoms with van der Waals surface area (Å²) in [5.74, 6) is 0. The minimum Gasteiger partial charge on any atom is -0.385 e. The Morgan fingerprint density at radius 2 is 1.89 bits per heavy atom. The van der Waals surface area contributed by atoms with Gasteiger partial charge in [0.15, 0.2) is 0 Å². The van der Waals surface area contributed by atoms with Crippen LogP contribution >= 0.6 is 0 Å². The van der Waals surface area contributed by atoms with E-state index < -0.39 is 0 Å². The predicted molar refractivity (Wildman–Crippen MR) is 79.4 cm³/mol. The highest BCUT2D eigenvalue weighted by Gasteiger charge is 2.11. The molecule has 2 heteroatoms. The van der Waals surface area contributed by atoms with Crippen LogP contribution in [0.25, 0.3) is 10.9 Å². The van der Waals surface area contributed by atoms with Gasteiger partial charge in [-0.2, -0.15) is 0 Å². The molecule has 1 heterocycles. The van der Waals surface area contributed by atoms with E-state index in [9.17, 15) is 0 Å². The Kier molecular flexibility index (Phi) is 3.85. The predicted octanol–water partition coefficient (Wildman–Crippen LogP) is 4.10. The molecule has 0 unspecified atom stereocenters. The molecule has 18 heavy (non-hydrogen) atoms. The number of hydrogen-bond acceptors (Lipinski definition) is 2. The van der Waals surface area contributed by atoms with E-state index in [-0.39, 0.29) is 0 Å². The molecule has 2 nitrogen and oxygen atoms in total. The number of aryl methyl sites for hydroxylation is 2. The molecule has 0 radical (unpaired) electrons. The molecule has 2 rings (SSSR count). The van der Waals surface area contributed by atoms with Crippen molar-refractivity contribution in [2.45, 2.75) is 40.5 Å². The van der Waals surface area contributed by atoms with Crippen LogP contribution in [0.5, 0.6) is 0 Å². The van der Waals surface area contributed by atoms with Crippen LogP contribution < -0.4 is 5.32 Å². The van der Waals surface area contributed by atoms with E-state index >= 15 is 0 Å². The first kappa shape index (κ1) is 12.9. The Morgan fingerprint density at radius 1 is 1.11 bits per heavy atom. The monoisotopic (exact) mass is 242 g/mol. The Hall–Kier alpha value is -1.57. The molecule has 0 amide bonds. The Bertz CT molecular complexity index is 559. The molecule has 0 atom stereocenters. The van der Waals surface area contributed by atoms with Crippen LogP contribution in [0.2, 0.25) is 0 Å². The van der Waals surface area contributed by atoms with E-state index in [4.69, 9.17) is 4.98 Å². The molecule has 0 fully saturated rings. The fourth-order valence-corrected chi connectivity index (χ4v) is 2.52. The number of para-hydroxylation sites is 1. The summed E-state index contributed by atoms with van der Waals surface area (Å²) in [6, 6.07) is 6.49. The highest BCUT2D eigenvalue weighted by Crippen LogP contribution is 2.30. The summed E-state index contributed by atoms with van der Waals surface area (Å²) in [4.78, 5) is 4.87. The van der Waals surface area contributed by atoms with Gasteiger partial charge < -0.3 is 5.32 Å². The maximum absolute atomic E-state index is 4.87. The van der Waals surface area contributed by atoms with Crippen molar-refractivity contribution < 1.29 is 0 Å². The second-order valence-electron chi connectivity index (χ2n) is 4.61. The Labute approximate surface area is 109 Å². The van der Waals surface area contributed by atoms with E-state index in [0.29, 0.717) is 0 Å². The van der Waals surface area contributed by atoms with Crippen LogP contribution in [0, 0.1) is 6.92 Å².